The molecule has 3 fully saturated rings. The van der Waals surface area contributed by atoms with Crippen LogP contribution in [0.1, 0.15) is 97.5 Å². The van der Waals surface area contributed by atoms with Crippen molar-refractivity contribution in [1.29, 1.82) is 5.26 Å². The van der Waals surface area contributed by atoms with Crippen LogP contribution in [0.2, 0.25) is 0 Å². The lowest BCUT2D eigenvalue weighted by atomic mass is 9.62. The highest BCUT2D eigenvalue weighted by atomic mass is 32.1. The van der Waals surface area contributed by atoms with Gasteiger partial charge >= 0.3 is 0 Å². The Labute approximate surface area is 267 Å². The third-order valence-electron chi connectivity index (χ3n) is 12.0. The second kappa shape index (κ2) is 10.4. The summed E-state index contributed by atoms with van der Waals surface area (Å²) in [6.07, 6.45) is 12.4. The van der Waals surface area contributed by atoms with Crippen LogP contribution in [-0.4, -0.2) is 70.6 Å². The van der Waals surface area contributed by atoms with E-state index in [2.05, 4.69) is 22.8 Å². The van der Waals surface area contributed by atoms with Gasteiger partial charge in [0.05, 0.1) is 35.0 Å². The Morgan fingerprint density at radius 2 is 1.87 bits per heavy atom. The van der Waals surface area contributed by atoms with Crippen LogP contribution in [0.4, 0.5) is 10.8 Å². The summed E-state index contributed by atoms with van der Waals surface area (Å²) in [6, 6.07) is 2.74. The molecule has 236 valence electrons. The molecule has 7 heterocycles. The highest BCUT2D eigenvalue weighted by molar-refractivity contribution is 7.16. The smallest absolute Gasteiger partial charge is 0.222 e. The Balaban J connectivity index is 1.16. The fourth-order valence-corrected chi connectivity index (χ4v) is 11.1. The number of aryl methyl sites for hydroxylation is 1. The molecule has 3 aromatic heterocycles. The quantitative estimate of drug-likeness (QED) is 0.406. The first-order chi connectivity index (χ1) is 22.0. The second-order valence-electron chi connectivity index (χ2n) is 14.1. The van der Waals surface area contributed by atoms with E-state index in [1.807, 2.05) is 0 Å². The van der Waals surface area contributed by atoms with E-state index in [-0.39, 0.29) is 17.1 Å². The molecular formula is C34H41N7O3S. The fourth-order valence-electron chi connectivity index (χ4n) is 9.89. The zero-order chi connectivity index (χ0) is 30.3. The zero-order valence-corrected chi connectivity index (χ0v) is 26.9. The lowest BCUT2D eigenvalue weighted by Gasteiger charge is -2.39. The zero-order valence-electron chi connectivity index (χ0n) is 26.1. The third kappa shape index (κ3) is 4.01. The Morgan fingerprint density at radius 3 is 2.64 bits per heavy atom. The van der Waals surface area contributed by atoms with Crippen molar-refractivity contribution in [2.24, 2.45) is 0 Å². The minimum Gasteiger partial charge on any atom is -0.472 e. The number of ether oxygens (including phenoxy) is 2. The molecule has 45 heavy (non-hydrogen) atoms. The number of hydrogen-bond acceptors (Lipinski definition) is 11. The summed E-state index contributed by atoms with van der Waals surface area (Å²) in [4.78, 5) is 16.7. The predicted molar refractivity (Wildman–Crippen MR) is 171 cm³/mol. The summed E-state index contributed by atoms with van der Waals surface area (Å²) < 4.78 is 19.1. The van der Waals surface area contributed by atoms with Crippen LogP contribution >= 0.6 is 11.3 Å². The molecule has 0 unspecified atom stereocenters. The maximum absolute atomic E-state index is 10.1. The Hall–Kier alpha value is -3.20. The number of hydrogen-bond donors (Lipinski definition) is 1. The molecule has 2 N–H and O–H groups in total. The van der Waals surface area contributed by atoms with Crippen LogP contribution in [0.5, 0.6) is 5.88 Å². The van der Waals surface area contributed by atoms with Gasteiger partial charge in [-0.1, -0.05) is 5.16 Å². The number of aromatic nitrogens is 3. The SMILES string of the molecule is C[C@H](Oc1nc(-c2onc3c2CCC[C@@]32CCCc3sc(N)c(C#N)c32)nc2c1CCN2[C@@H]1CCOC1)C12CCCN1CCC2. The van der Waals surface area contributed by atoms with Gasteiger partial charge in [-0.15, -0.1) is 11.3 Å². The standard InChI is InChI=1S/C34H41N7O3S/c1-20(34-12-4-14-40(34)15-5-13-34)43-32-23-8-16-41(21-9-17-42-19-21)31(23)37-30(38-32)27-22-6-2-10-33(28(22)39-44-27)11-3-7-25-26(33)24(18-35)29(36)45-25/h20-21H,2-17,19,36H2,1H3/t20-,21+,33-/m0/s1. The predicted octanol–water partition coefficient (Wildman–Crippen LogP) is 5.15. The van der Waals surface area contributed by atoms with E-state index in [4.69, 9.17) is 34.9 Å². The van der Waals surface area contributed by atoms with Gasteiger partial charge < -0.3 is 24.6 Å². The first-order valence-electron chi connectivity index (χ1n) is 17.0. The van der Waals surface area contributed by atoms with Crippen molar-refractivity contribution < 1.29 is 14.0 Å². The van der Waals surface area contributed by atoms with Crippen LogP contribution in [0.3, 0.4) is 0 Å². The number of fused-ring (bicyclic) bond motifs is 6. The molecule has 0 amide bonds. The van der Waals surface area contributed by atoms with Gasteiger partial charge in [0, 0.05) is 29.0 Å². The topological polar surface area (TPSA) is 127 Å². The normalized spacial score (nSPS) is 27.3. The van der Waals surface area contributed by atoms with Gasteiger partial charge in [-0.25, -0.2) is 4.98 Å². The fraction of sp³-hybridized carbons (Fsp3) is 0.647. The van der Waals surface area contributed by atoms with Gasteiger partial charge in [-0.05, 0) is 103 Å². The van der Waals surface area contributed by atoms with Gasteiger partial charge in [0.2, 0.25) is 17.5 Å². The van der Waals surface area contributed by atoms with Gasteiger partial charge in [0.25, 0.3) is 0 Å². The van der Waals surface area contributed by atoms with E-state index in [9.17, 15) is 5.26 Å². The average Bonchev–Trinajstić information content (AvgIpc) is 3.87. The molecule has 1 spiro atoms. The monoisotopic (exact) mass is 627 g/mol. The number of thiophene rings is 1. The van der Waals surface area contributed by atoms with Gasteiger partial charge in [-0.2, -0.15) is 10.2 Å². The lowest BCUT2D eigenvalue weighted by Crippen LogP contribution is -2.50. The summed E-state index contributed by atoms with van der Waals surface area (Å²) in [5.41, 5.74) is 11.0. The maximum Gasteiger partial charge on any atom is 0.222 e. The van der Waals surface area contributed by atoms with Crippen LogP contribution in [0, 0.1) is 11.3 Å². The summed E-state index contributed by atoms with van der Waals surface area (Å²) in [6.45, 7) is 6.96. The molecule has 2 aliphatic carbocycles. The van der Waals surface area contributed by atoms with Crippen molar-refractivity contribution in [1.82, 2.24) is 20.0 Å². The van der Waals surface area contributed by atoms with Crippen LogP contribution in [0.15, 0.2) is 4.52 Å². The molecule has 0 radical (unpaired) electrons. The highest BCUT2D eigenvalue weighted by Gasteiger charge is 2.51. The van der Waals surface area contributed by atoms with E-state index in [1.165, 1.54) is 30.6 Å². The van der Waals surface area contributed by atoms with E-state index in [1.54, 1.807) is 11.3 Å². The number of nitrogens with zero attached hydrogens (tertiary/aromatic N) is 6. The molecule has 0 aromatic carbocycles. The number of rotatable bonds is 5. The second-order valence-corrected chi connectivity index (χ2v) is 15.2. The number of anilines is 2. The molecule has 4 aliphatic heterocycles. The van der Waals surface area contributed by atoms with E-state index in [0.29, 0.717) is 34.1 Å². The first-order valence-corrected chi connectivity index (χ1v) is 17.8. The van der Waals surface area contributed by atoms with Crippen molar-refractivity contribution in [3.05, 3.63) is 32.8 Å². The molecule has 3 aromatic rings. The Kier molecular flexibility index (Phi) is 6.49. The molecule has 9 rings (SSSR count). The molecule has 3 saturated heterocycles. The summed E-state index contributed by atoms with van der Waals surface area (Å²) >= 11 is 1.57. The number of nitrogen functional groups attached to an aromatic ring is 1. The first kappa shape index (κ1) is 28.1. The lowest BCUT2D eigenvalue weighted by molar-refractivity contribution is 0.0431. The van der Waals surface area contributed by atoms with Crippen molar-refractivity contribution in [3.8, 4) is 23.5 Å². The van der Waals surface area contributed by atoms with Crippen molar-refractivity contribution in [3.63, 3.8) is 0 Å². The molecule has 0 saturated carbocycles. The molecular weight excluding hydrogens is 586 g/mol. The van der Waals surface area contributed by atoms with E-state index < -0.39 is 0 Å². The largest absolute Gasteiger partial charge is 0.472 e. The minimum absolute atomic E-state index is 0.0271. The third-order valence-corrected chi connectivity index (χ3v) is 13.1. The van der Waals surface area contributed by atoms with Crippen molar-refractivity contribution in [2.45, 2.75) is 107 Å². The summed E-state index contributed by atoms with van der Waals surface area (Å²) in [5, 5.41) is 15.6. The van der Waals surface area contributed by atoms with Gasteiger partial charge in [0.15, 0.2) is 0 Å². The minimum atomic E-state index is -0.354. The number of nitrogens with two attached hydrogens (primary N) is 1. The molecule has 6 aliphatic rings. The molecule has 11 heteroatoms. The van der Waals surface area contributed by atoms with Crippen molar-refractivity contribution in [2.75, 3.05) is 43.5 Å². The van der Waals surface area contributed by atoms with Crippen LogP contribution in [-0.2, 0) is 29.4 Å². The van der Waals surface area contributed by atoms with Crippen LogP contribution < -0.4 is 15.4 Å². The van der Waals surface area contributed by atoms with Crippen molar-refractivity contribution >= 4 is 22.2 Å². The molecule has 0 bridgehead atoms. The highest BCUT2D eigenvalue weighted by Crippen LogP contribution is 2.55. The van der Waals surface area contributed by atoms with Gasteiger partial charge in [0.1, 0.15) is 23.0 Å². The van der Waals surface area contributed by atoms with E-state index in [0.717, 1.165) is 112 Å². The maximum atomic E-state index is 10.1. The Morgan fingerprint density at radius 1 is 1.04 bits per heavy atom. The van der Waals surface area contributed by atoms with E-state index >= 15 is 0 Å². The molecule has 10 nitrogen and oxygen atoms in total. The number of nitriles is 1. The van der Waals surface area contributed by atoms with Gasteiger partial charge in [-0.3, -0.25) is 4.90 Å². The molecule has 3 atom stereocenters. The summed E-state index contributed by atoms with van der Waals surface area (Å²) in [7, 11) is 0. The van der Waals surface area contributed by atoms with Crippen LogP contribution in [0.25, 0.3) is 11.6 Å². The Bertz CT molecular complexity index is 1690. The average molecular weight is 628 g/mol. The summed E-state index contributed by atoms with van der Waals surface area (Å²) in [5.74, 6) is 2.86.